The number of nitrogens with one attached hydrogen (secondary N) is 1. The van der Waals surface area contributed by atoms with Gasteiger partial charge in [-0.3, -0.25) is 9.88 Å². The summed E-state index contributed by atoms with van der Waals surface area (Å²) in [5.74, 6) is 3.16. The summed E-state index contributed by atoms with van der Waals surface area (Å²) < 4.78 is 28.4. The van der Waals surface area contributed by atoms with Crippen LogP contribution in [0.3, 0.4) is 0 Å². The van der Waals surface area contributed by atoms with E-state index in [1.165, 1.54) is 0 Å². The van der Waals surface area contributed by atoms with E-state index in [1.54, 1.807) is 27.5 Å². The van der Waals surface area contributed by atoms with E-state index in [4.69, 9.17) is 23.7 Å². The quantitative estimate of drug-likeness (QED) is 0.182. The van der Waals surface area contributed by atoms with Gasteiger partial charge in [0.05, 0.1) is 44.2 Å². The molecule has 0 saturated carbocycles. The van der Waals surface area contributed by atoms with E-state index >= 15 is 0 Å². The number of hydrogen-bond acceptors (Lipinski definition) is 10. The van der Waals surface area contributed by atoms with Crippen LogP contribution < -0.4 is 24.3 Å². The standard InChI is InChI=1S/C34H39N5O5/c1-40-20-18-39-16-14-38(15-17-39)13-6-19-43-33-22-29-28(21-32(33)42-3)34(25(23-35)24-36-29)37-26-9-11-27(12-10-26)44-31-8-5-4-7-30(31)41-2/h4-5,7-12,21-22,24H,6,13-20H2,1-3H3,(H,36,37). The molecule has 2 heterocycles. The molecule has 0 atom stereocenters. The zero-order chi connectivity index (χ0) is 30.7. The molecule has 0 unspecified atom stereocenters. The summed E-state index contributed by atoms with van der Waals surface area (Å²) >= 11 is 0. The van der Waals surface area contributed by atoms with Crippen molar-refractivity contribution in [1.29, 1.82) is 5.26 Å². The summed E-state index contributed by atoms with van der Waals surface area (Å²) in [6.07, 6.45) is 2.48. The van der Waals surface area contributed by atoms with E-state index in [9.17, 15) is 5.26 Å². The summed E-state index contributed by atoms with van der Waals surface area (Å²) in [5, 5.41) is 14.0. The van der Waals surface area contributed by atoms with Crippen molar-refractivity contribution in [2.45, 2.75) is 6.42 Å². The fourth-order valence-corrected chi connectivity index (χ4v) is 5.20. The van der Waals surface area contributed by atoms with Gasteiger partial charge in [-0.2, -0.15) is 5.26 Å². The lowest BCUT2D eigenvalue weighted by molar-refractivity contribution is 0.0941. The molecule has 0 radical (unpaired) electrons. The molecule has 10 heteroatoms. The van der Waals surface area contributed by atoms with Crippen molar-refractivity contribution in [3.8, 4) is 34.8 Å². The highest BCUT2D eigenvalue weighted by molar-refractivity contribution is 5.97. The van der Waals surface area contributed by atoms with Crippen molar-refractivity contribution < 1.29 is 23.7 Å². The maximum Gasteiger partial charge on any atom is 0.169 e. The fourth-order valence-electron chi connectivity index (χ4n) is 5.20. The first-order valence-electron chi connectivity index (χ1n) is 14.8. The van der Waals surface area contributed by atoms with Crippen LogP contribution in [-0.4, -0.2) is 88.6 Å². The van der Waals surface area contributed by atoms with Gasteiger partial charge in [0.25, 0.3) is 0 Å². The normalized spacial score (nSPS) is 13.8. The van der Waals surface area contributed by atoms with Crippen LogP contribution in [0.15, 0.2) is 66.9 Å². The lowest BCUT2D eigenvalue weighted by atomic mass is 10.1. The van der Waals surface area contributed by atoms with Gasteiger partial charge in [0.2, 0.25) is 0 Å². The number of anilines is 2. The Morgan fingerprint density at radius 1 is 0.818 bits per heavy atom. The van der Waals surface area contributed by atoms with Crippen molar-refractivity contribution >= 4 is 22.3 Å². The summed E-state index contributed by atoms with van der Waals surface area (Å²) in [7, 11) is 4.98. The van der Waals surface area contributed by atoms with Crippen molar-refractivity contribution in [3.63, 3.8) is 0 Å². The Bertz CT molecular complexity index is 1570. The minimum Gasteiger partial charge on any atom is -0.493 e. The summed E-state index contributed by atoms with van der Waals surface area (Å²) in [6.45, 7) is 7.56. The third-order valence-corrected chi connectivity index (χ3v) is 7.65. The molecule has 1 aromatic heterocycles. The molecular formula is C34H39N5O5. The lowest BCUT2D eigenvalue weighted by Gasteiger charge is -2.34. The molecule has 5 rings (SSSR count). The number of methoxy groups -OCH3 is 3. The maximum atomic E-state index is 9.87. The topological polar surface area (TPSA) is 101 Å². The number of aromatic nitrogens is 1. The van der Waals surface area contributed by atoms with Crippen molar-refractivity contribution in [3.05, 3.63) is 72.4 Å². The number of rotatable bonds is 14. The number of para-hydroxylation sites is 2. The molecule has 3 aromatic carbocycles. The zero-order valence-corrected chi connectivity index (χ0v) is 25.5. The molecule has 10 nitrogen and oxygen atoms in total. The Balaban J connectivity index is 1.24. The summed E-state index contributed by atoms with van der Waals surface area (Å²) in [4.78, 5) is 9.46. The monoisotopic (exact) mass is 597 g/mol. The van der Waals surface area contributed by atoms with Crippen molar-refractivity contribution in [2.24, 2.45) is 0 Å². The number of pyridine rings is 1. The first-order valence-corrected chi connectivity index (χ1v) is 14.8. The van der Waals surface area contributed by atoms with Gasteiger partial charge in [0, 0.05) is 69.7 Å². The van der Waals surface area contributed by atoms with Crippen molar-refractivity contribution in [2.75, 3.05) is 79.1 Å². The number of hydrogen-bond donors (Lipinski definition) is 1. The van der Waals surface area contributed by atoms with Gasteiger partial charge in [0.15, 0.2) is 23.0 Å². The molecule has 1 N–H and O–H groups in total. The van der Waals surface area contributed by atoms with Crippen LogP contribution in [0, 0.1) is 11.3 Å². The van der Waals surface area contributed by atoms with Gasteiger partial charge >= 0.3 is 0 Å². The van der Waals surface area contributed by atoms with E-state index in [2.05, 4.69) is 26.2 Å². The van der Waals surface area contributed by atoms with Gasteiger partial charge in [-0.25, -0.2) is 0 Å². The Hall–Kier alpha value is -4.56. The Morgan fingerprint density at radius 2 is 1.52 bits per heavy atom. The summed E-state index contributed by atoms with van der Waals surface area (Å²) in [6, 6.07) is 21.0. The average Bonchev–Trinajstić information content (AvgIpc) is 3.07. The molecular weight excluding hydrogens is 558 g/mol. The maximum absolute atomic E-state index is 9.87. The Kier molecular flexibility index (Phi) is 10.7. The highest BCUT2D eigenvalue weighted by atomic mass is 16.5. The second-order valence-electron chi connectivity index (χ2n) is 10.5. The fraction of sp³-hybridized carbons (Fsp3) is 0.353. The third-order valence-electron chi connectivity index (χ3n) is 7.65. The lowest BCUT2D eigenvalue weighted by Crippen LogP contribution is -2.47. The molecule has 4 aromatic rings. The van der Waals surface area contributed by atoms with Crippen LogP contribution in [0.1, 0.15) is 12.0 Å². The second-order valence-corrected chi connectivity index (χ2v) is 10.5. The van der Waals surface area contributed by atoms with Crippen LogP contribution in [0.5, 0.6) is 28.7 Å². The molecule has 0 spiro atoms. The van der Waals surface area contributed by atoms with E-state index in [1.807, 2.05) is 60.7 Å². The number of piperazine rings is 1. The molecule has 1 fully saturated rings. The highest BCUT2D eigenvalue weighted by Crippen LogP contribution is 2.38. The minimum absolute atomic E-state index is 0.421. The van der Waals surface area contributed by atoms with E-state index in [0.29, 0.717) is 52.1 Å². The predicted octanol–water partition coefficient (Wildman–Crippen LogP) is 5.69. The van der Waals surface area contributed by atoms with Gasteiger partial charge in [-0.15, -0.1) is 0 Å². The molecule has 0 amide bonds. The highest BCUT2D eigenvalue weighted by Gasteiger charge is 2.17. The predicted molar refractivity (Wildman–Crippen MR) is 171 cm³/mol. The van der Waals surface area contributed by atoms with Crippen LogP contribution >= 0.6 is 0 Å². The molecule has 44 heavy (non-hydrogen) atoms. The second kappa shape index (κ2) is 15.3. The number of benzene rings is 3. The summed E-state index contributed by atoms with van der Waals surface area (Å²) in [5.41, 5.74) is 2.56. The minimum atomic E-state index is 0.421. The first-order chi connectivity index (χ1) is 21.6. The van der Waals surface area contributed by atoms with Gasteiger partial charge in [-0.05, 0) is 48.9 Å². The van der Waals surface area contributed by atoms with Crippen LogP contribution in [-0.2, 0) is 4.74 Å². The number of nitrogens with zero attached hydrogens (tertiary/aromatic N) is 4. The first kappa shape index (κ1) is 30.9. The van der Waals surface area contributed by atoms with E-state index < -0.39 is 0 Å². The van der Waals surface area contributed by atoms with Gasteiger partial charge in [0.1, 0.15) is 11.8 Å². The third kappa shape index (κ3) is 7.68. The van der Waals surface area contributed by atoms with Gasteiger partial charge < -0.3 is 33.9 Å². The van der Waals surface area contributed by atoms with E-state index in [-0.39, 0.29) is 0 Å². The van der Waals surface area contributed by atoms with Crippen LogP contribution in [0.2, 0.25) is 0 Å². The van der Waals surface area contributed by atoms with E-state index in [0.717, 1.165) is 63.4 Å². The van der Waals surface area contributed by atoms with Gasteiger partial charge in [-0.1, -0.05) is 12.1 Å². The van der Waals surface area contributed by atoms with Crippen LogP contribution in [0.25, 0.3) is 10.9 Å². The number of fused-ring (bicyclic) bond motifs is 1. The number of nitriles is 1. The van der Waals surface area contributed by atoms with Crippen molar-refractivity contribution in [1.82, 2.24) is 14.8 Å². The Labute approximate surface area is 258 Å². The molecule has 230 valence electrons. The molecule has 0 bridgehead atoms. The zero-order valence-electron chi connectivity index (χ0n) is 25.5. The Morgan fingerprint density at radius 3 is 2.20 bits per heavy atom. The molecule has 0 aliphatic carbocycles. The molecule has 1 saturated heterocycles. The SMILES string of the molecule is COCCN1CCN(CCCOc2cc3ncc(C#N)c(Nc4ccc(Oc5ccccc5OC)cc4)c3cc2OC)CC1. The average molecular weight is 598 g/mol. The molecule has 1 aliphatic rings. The molecule has 1 aliphatic heterocycles. The largest absolute Gasteiger partial charge is 0.493 e. The van der Waals surface area contributed by atoms with Crippen LogP contribution in [0.4, 0.5) is 11.4 Å². The smallest absolute Gasteiger partial charge is 0.169 e. The number of ether oxygens (including phenoxy) is 5.